The van der Waals surface area contributed by atoms with E-state index in [1.807, 2.05) is 26.0 Å². The summed E-state index contributed by atoms with van der Waals surface area (Å²) in [5.74, 6) is 1.47. The summed E-state index contributed by atoms with van der Waals surface area (Å²) < 4.78 is 5.63. The first-order valence-corrected chi connectivity index (χ1v) is 5.00. The van der Waals surface area contributed by atoms with E-state index < -0.39 is 0 Å². The van der Waals surface area contributed by atoms with Gasteiger partial charge in [0.15, 0.2) is 0 Å². The fourth-order valence-electron chi connectivity index (χ4n) is 1.28. The highest BCUT2D eigenvalue weighted by molar-refractivity contribution is 5.55. The summed E-state index contributed by atoms with van der Waals surface area (Å²) in [6.07, 6.45) is 0. The Hall–Kier alpha value is -1.18. The quantitative estimate of drug-likeness (QED) is 0.749. The SMILES string of the molecule is Cc1cc(OCC(C)C)cc(C)c1N. The molecule has 1 aromatic carbocycles. The van der Waals surface area contributed by atoms with Gasteiger partial charge in [0.2, 0.25) is 0 Å². The molecule has 0 aliphatic heterocycles. The van der Waals surface area contributed by atoms with E-state index in [4.69, 9.17) is 10.5 Å². The van der Waals surface area contributed by atoms with Crippen LogP contribution in [0, 0.1) is 19.8 Å². The molecule has 2 nitrogen and oxygen atoms in total. The fraction of sp³-hybridized carbons (Fsp3) is 0.500. The van der Waals surface area contributed by atoms with Gasteiger partial charge >= 0.3 is 0 Å². The Morgan fingerprint density at radius 1 is 1.21 bits per heavy atom. The lowest BCUT2D eigenvalue weighted by Crippen LogP contribution is -2.05. The van der Waals surface area contributed by atoms with E-state index in [-0.39, 0.29) is 0 Å². The topological polar surface area (TPSA) is 35.2 Å². The zero-order valence-electron chi connectivity index (χ0n) is 9.42. The summed E-state index contributed by atoms with van der Waals surface area (Å²) in [5, 5.41) is 0. The highest BCUT2D eigenvalue weighted by Crippen LogP contribution is 2.23. The van der Waals surface area contributed by atoms with Crippen molar-refractivity contribution in [2.24, 2.45) is 5.92 Å². The average Bonchev–Trinajstić information content (AvgIpc) is 2.10. The molecule has 0 aliphatic rings. The smallest absolute Gasteiger partial charge is 0.119 e. The number of ether oxygens (including phenoxy) is 1. The molecule has 2 heteroatoms. The van der Waals surface area contributed by atoms with Crippen LogP contribution in [0.5, 0.6) is 5.75 Å². The van der Waals surface area contributed by atoms with Crippen LogP contribution in [0.15, 0.2) is 12.1 Å². The molecule has 0 unspecified atom stereocenters. The Kier molecular flexibility index (Phi) is 3.39. The van der Waals surface area contributed by atoms with Crippen molar-refractivity contribution in [3.8, 4) is 5.75 Å². The van der Waals surface area contributed by atoms with Crippen LogP contribution in [-0.2, 0) is 0 Å². The molecule has 2 N–H and O–H groups in total. The predicted octanol–water partition coefficient (Wildman–Crippen LogP) is 2.92. The van der Waals surface area contributed by atoms with Crippen LogP contribution in [0.4, 0.5) is 5.69 Å². The Morgan fingerprint density at radius 3 is 2.14 bits per heavy atom. The van der Waals surface area contributed by atoms with Crippen LogP contribution >= 0.6 is 0 Å². The molecular formula is C12H19NO. The Morgan fingerprint density at radius 2 is 1.71 bits per heavy atom. The number of anilines is 1. The molecule has 0 saturated heterocycles. The van der Waals surface area contributed by atoms with Gasteiger partial charge in [-0.2, -0.15) is 0 Å². The van der Waals surface area contributed by atoms with Crippen molar-refractivity contribution in [3.05, 3.63) is 23.3 Å². The predicted molar refractivity (Wildman–Crippen MR) is 60.7 cm³/mol. The van der Waals surface area contributed by atoms with E-state index in [0.717, 1.165) is 29.2 Å². The number of rotatable bonds is 3. The van der Waals surface area contributed by atoms with Crippen molar-refractivity contribution in [1.82, 2.24) is 0 Å². The summed E-state index contributed by atoms with van der Waals surface area (Å²) in [6, 6.07) is 3.98. The molecule has 0 fully saturated rings. The molecule has 14 heavy (non-hydrogen) atoms. The fourth-order valence-corrected chi connectivity index (χ4v) is 1.28. The van der Waals surface area contributed by atoms with E-state index >= 15 is 0 Å². The molecule has 0 spiro atoms. The molecule has 0 radical (unpaired) electrons. The first-order chi connectivity index (χ1) is 6.50. The van der Waals surface area contributed by atoms with Gasteiger partial charge < -0.3 is 10.5 Å². The lowest BCUT2D eigenvalue weighted by molar-refractivity contribution is 0.271. The molecule has 0 amide bonds. The molecule has 0 aromatic heterocycles. The standard InChI is InChI=1S/C12H19NO/c1-8(2)7-14-11-5-9(3)12(13)10(4)6-11/h5-6,8H,7,13H2,1-4H3. The van der Waals surface area contributed by atoms with Crippen molar-refractivity contribution in [3.63, 3.8) is 0 Å². The maximum Gasteiger partial charge on any atom is 0.119 e. The minimum atomic E-state index is 0.549. The minimum Gasteiger partial charge on any atom is -0.493 e. The Bertz CT molecular complexity index is 295. The van der Waals surface area contributed by atoms with Gasteiger partial charge in [-0.3, -0.25) is 0 Å². The summed E-state index contributed by atoms with van der Waals surface area (Å²) in [6.45, 7) is 9.03. The molecule has 0 aliphatic carbocycles. The third kappa shape index (κ3) is 2.66. The number of hydrogen-bond donors (Lipinski definition) is 1. The van der Waals surface area contributed by atoms with Gasteiger partial charge in [0.1, 0.15) is 5.75 Å². The van der Waals surface area contributed by atoms with Gasteiger partial charge in [-0.15, -0.1) is 0 Å². The monoisotopic (exact) mass is 193 g/mol. The molecule has 78 valence electrons. The first-order valence-electron chi connectivity index (χ1n) is 5.00. The van der Waals surface area contributed by atoms with Gasteiger partial charge in [0.25, 0.3) is 0 Å². The molecule has 0 heterocycles. The summed E-state index contributed by atoms with van der Waals surface area (Å²) in [7, 11) is 0. The zero-order valence-corrected chi connectivity index (χ0v) is 9.42. The van der Waals surface area contributed by atoms with E-state index in [9.17, 15) is 0 Å². The molecular weight excluding hydrogens is 174 g/mol. The molecule has 1 aromatic rings. The van der Waals surface area contributed by atoms with Crippen LogP contribution in [0.25, 0.3) is 0 Å². The van der Waals surface area contributed by atoms with Crippen LogP contribution in [-0.4, -0.2) is 6.61 Å². The van der Waals surface area contributed by atoms with E-state index in [2.05, 4.69) is 13.8 Å². The summed E-state index contributed by atoms with van der Waals surface area (Å²) >= 11 is 0. The third-order valence-electron chi connectivity index (χ3n) is 2.15. The molecule has 1 rings (SSSR count). The first kappa shape index (κ1) is 10.9. The molecule has 0 saturated carbocycles. The average molecular weight is 193 g/mol. The minimum absolute atomic E-state index is 0.549. The number of hydrogen-bond acceptors (Lipinski definition) is 2. The van der Waals surface area contributed by atoms with Crippen molar-refractivity contribution in [2.45, 2.75) is 27.7 Å². The summed E-state index contributed by atoms with van der Waals surface area (Å²) in [4.78, 5) is 0. The van der Waals surface area contributed by atoms with E-state index in [0.29, 0.717) is 5.92 Å². The maximum atomic E-state index is 5.85. The molecule has 0 atom stereocenters. The van der Waals surface area contributed by atoms with Crippen molar-refractivity contribution in [2.75, 3.05) is 12.3 Å². The normalized spacial score (nSPS) is 10.6. The van der Waals surface area contributed by atoms with Crippen LogP contribution in [0.1, 0.15) is 25.0 Å². The second-order valence-corrected chi connectivity index (χ2v) is 4.18. The van der Waals surface area contributed by atoms with Crippen LogP contribution in [0.3, 0.4) is 0 Å². The van der Waals surface area contributed by atoms with Crippen molar-refractivity contribution in [1.29, 1.82) is 0 Å². The van der Waals surface area contributed by atoms with Gasteiger partial charge in [0, 0.05) is 5.69 Å². The second-order valence-electron chi connectivity index (χ2n) is 4.18. The Labute approximate surface area is 86.1 Å². The second kappa shape index (κ2) is 4.36. The van der Waals surface area contributed by atoms with Crippen LogP contribution in [0.2, 0.25) is 0 Å². The van der Waals surface area contributed by atoms with E-state index in [1.54, 1.807) is 0 Å². The Balaban J connectivity index is 2.79. The lowest BCUT2D eigenvalue weighted by Gasteiger charge is -2.12. The molecule has 0 bridgehead atoms. The third-order valence-corrected chi connectivity index (χ3v) is 2.15. The van der Waals surface area contributed by atoms with E-state index in [1.165, 1.54) is 0 Å². The highest BCUT2D eigenvalue weighted by Gasteiger charge is 2.03. The van der Waals surface area contributed by atoms with Gasteiger partial charge in [-0.25, -0.2) is 0 Å². The zero-order chi connectivity index (χ0) is 10.7. The van der Waals surface area contributed by atoms with Crippen LogP contribution < -0.4 is 10.5 Å². The number of nitrogens with two attached hydrogens (primary N) is 1. The largest absolute Gasteiger partial charge is 0.493 e. The number of nitrogen functional groups attached to an aromatic ring is 1. The van der Waals surface area contributed by atoms with Gasteiger partial charge in [-0.05, 0) is 43.0 Å². The number of benzene rings is 1. The highest BCUT2D eigenvalue weighted by atomic mass is 16.5. The lowest BCUT2D eigenvalue weighted by atomic mass is 10.1. The van der Waals surface area contributed by atoms with Gasteiger partial charge in [-0.1, -0.05) is 13.8 Å². The maximum absolute atomic E-state index is 5.85. The summed E-state index contributed by atoms with van der Waals surface area (Å²) in [5.41, 5.74) is 8.89. The van der Waals surface area contributed by atoms with Gasteiger partial charge in [0.05, 0.1) is 6.61 Å². The van der Waals surface area contributed by atoms with Crippen molar-refractivity contribution >= 4 is 5.69 Å². The number of aryl methyl sites for hydroxylation is 2. The van der Waals surface area contributed by atoms with Crippen molar-refractivity contribution < 1.29 is 4.74 Å².